The van der Waals surface area contributed by atoms with E-state index in [-0.39, 0.29) is 17.3 Å². The number of piperazine rings is 1. The van der Waals surface area contributed by atoms with E-state index < -0.39 is 10.0 Å². The zero-order valence-electron chi connectivity index (χ0n) is 12.7. The molecule has 1 aromatic heterocycles. The van der Waals surface area contributed by atoms with Crippen molar-refractivity contribution in [3.8, 4) is 5.88 Å². The first kappa shape index (κ1) is 16.7. The first-order valence-electron chi connectivity index (χ1n) is 6.90. The van der Waals surface area contributed by atoms with E-state index in [1.54, 1.807) is 4.90 Å². The van der Waals surface area contributed by atoms with Crippen LogP contribution in [0.3, 0.4) is 0 Å². The van der Waals surface area contributed by atoms with Gasteiger partial charge in [0.1, 0.15) is 4.90 Å². The van der Waals surface area contributed by atoms with Crippen LogP contribution in [0.5, 0.6) is 5.88 Å². The standard InChI is InChI=1S/C13H20N4O4S/c1-16(10-13(18)17-7-5-14-6-8-17)22(19,20)11-3-4-12(21-2)15-9-11/h3-4,9,14H,5-8,10H2,1-2H3. The van der Waals surface area contributed by atoms with Gasteiger partial charge in [-0.25, -0.2) is 13.4 Å². The molecule has 2 heterocycles. The molecule has 122 valence electrons. The van der Waals surface area contributed by atoms with Crippen molar-refractivity contribution in [1.29, 1.82) is 0 Å². The lowest BCUT2D eigenvalue weighted by Gasteiger charge is -2.29. The highest BCUT2D eigenvalue weighted by atomic mass is 32.2. The second kappa shape index (κ2) is 7.03. The van der Waals surface area contributed by atoms with Gasteiger partial charge in [0.05, 0.1) is 19.9 Å². The van der Waals surface area contributed by atoms with Crippen LogP contribution in [-0.2, 0) is 14.8 Å². The Balaban J connectivity index is 2.05. The summed E-state index contributed by atoms with van der Waals surface area (Å²) in [5, 5.41) is 3.14. The van der Waals surface area contributed by atoms with Crippen molar-refractivity contribution in [1.82, 2.24) is 19.5 Å². The average Bonchev–Trinajstić information content (AvgIpc) is 2.55. The molecule has 0 aliphatic carbocycles. The molecule has 1 amide bonds. The maximum Gasteiger partial charge on any atom is 0.244 e. The number of ether oxygens (including phenoxy) is 1. The number of rotatable bonds is 5. The van der Waals surface area contributed by atoms with Crippen LogP contribution in [0, 0.1) is 0 Å². The van der Waals surface area contributed by atoms with Gasteiger partial charge in [0, 0.05) is 39.3 Å². The molecule has 0 aromatic carbocycles. The van der Waals surface area contributed by atoms with Crippen molar-refractivity contribution < 1.29 is 17.9 Å². The summed E-state index contributed by atoms with van der Waals surface area (Å²) in [5.74, 6) is 0.132. The molecular formula is C13H20N4O4S. The fourth-order valence-electron chi connectivity index (χ4n) is 2.11. The molecule has 1 fully saturated rings. The first-order valence-corrected chi connectivity index (χ1v) is 8.34. The Hall–Kier alpha value is -1.71. The highest BCUT2D eigenvalue weighted by molar-refractivity contribution is 7.89. The fraction of sp³-hybridized carbons (Fsp3) is 0.538. The molecule has 0 bridgehead atoms. The van der Waals surface area contributed by atoms with Crippen LogP contribution in [0.25, 0.3) is 0 Å². The summed E-state index contributed by atoms with van der Waals surface area (Å²) in [4.78, 5) is 17.7. The van der Waals surface area contributed by atoms with Crippen molar-refractivity contribution in [3.05, 3.63) is 18.3 Å². The lowest BCUT2D eigenvalue weighted by molar-refractivity contribution is -0.131. The summed E-state index contributed by atoms with van der Waals surface area (Å²) in [5.41, 5.74) is 0. The van der Waals surface area contributed by atoms with E-state index in [4.69, 9.17) is 4.74 Å². The molecule has 1 aromatic rings. The molecule has 0 saturated carbocycles. The molecule has 22 heavy (non-hydrogen) atoms. The molecule has 0 atom stereocenters. The van der Waals surface area contributed by atoms with E-state index in [2.05, 4.69) is 10.3 Å². The largest absolute Gasteiger partial charge is 0.481 e. The minimum absolute atomic E-state index is 0.0314. The van der Waals surface area contributed by atoms with Crippen LogP contribution in [0.1, 0.15) is 0 Å². The Labute approximate surface area is 130 Å². The van der Waals surface area contributed by atoms with Crippen molar-refractivity contribution >= 4 is 15.9 Å². The Bertz CT molecular complexity index is 611. The molecule has 8 nitrogen and oxygen atoms in total. The molecular weight excluding hydrogens is 308 g/mol. The molecule has 1 N–H and O–H groups in total. The predicted octanol–water partition coefficient (Wildman–Crippen LogP) is -0.857. The van der Waals surface area contributed by atoms with Gasteiger partial charge in [-0.2, -0.15) is 4.31 Å². The third kappa shape index (κ3) is 3.73. The number of nitrogens with zero attached hydrogens (tertiary/aromatic N) is 3. The Morgan fingerprint density at radius 2 is 2.09 bits per heavy atom. The quantitative estimate of drug-likeness (QED) is 0.756. The smallest absolute Gasteiger partial charge is 0.244 e. The summed E-state index contributed by atoms with van der Waals surface area (Å²) in [6, 6.07) is 2.88. The minimum atomic E-state index is -3.75. The van der Waals surface area contributed by atoms with Gasteiger partial charge in [-0.3, -0.25) is 4.79 Å². The third-order valence-corrected chi connectivity index (χ3v) is 5.24. The van der Waals surface area contributed by atoms with Gasteiger partial charge in [0.15, 0.2) is 0 Å². The van der Waals surface area contributed by atoms with E-state index in [0.717, 1.165) is 17.4 Å². The Morgan fingerprint density at radius 3 is 2.64 bits per heavy atom. The average molecular weight is 328 g/mol. The number of carbonyl (C=O) groups is 1. The number of amides is 1. The van der Waals surface area contributed by atoms with Crippen molar-refractivity contribution in [2.24, 2.45) is 0 Å². The van der Waals surface area contributed by atoms with Crippen LogP contribution < -0.4 is 10.1 Å². The third-order valence-electron chi connectivity index (χ3n) is 3.45. The van der Waals surface area contributed by atoms with Gasteiger partial charge < -0.3 is 15.0 Å². The van der Waals surface area contributed by atoms with Gasteiger partial charge in [-0.1, -0.05) is 0 Å². The van der Waals surface area contributed by atoms with Crippen molar-refractivity contribution in [2.75, 3.05) is 46.9 Å². The number of methoxy groups -OCH3 is 1. The van der Waals surface area contributed by atoms with Crippen LogP contribution in [-0.4, -0.2) is 75.4 Å². The number of hydrogen-bond donors (Lipinski definition) is 1. The second-order valence-electron chi connectivity index (χ2n) is 4.93. The maximum absolute atomic E-state index is 12.4. The number of hydrogen-bond acceptors (Lipinski definition) is 6. The zero-order valence-corrected chi connectivity index (χ0v) is 13.5. The molecule has 2 rings (SSSR count). The highest BCUT2D eigenvalue weighted by Crippen LogP contribution is 2.16. The first-order chi connectivity index (χ1) is 10.4. The number of aromatic nitrogens is 1. The molecule has 1 aliphatic heterocycles. The number of pyridine rings is 1. The summed E-state index contributed by atoms with van der Waals surface area (Å²) < 4.78 is 30.8. The number of carbonyl (C=O) groups excluding carboxylic acids is 1. The predicted molar refractivity (Wildman–Crippen MR) is 80.1 cm³/mol. The van der Waals surface area contributed by atoms with E-state index >= 15 is 0 Å². The van der Waals surface area contributed by atoms with Crippen LogP contribution in [0.15, 0.2) is 23.2 Å². The molecule has 1 aliphatic rings. The number of nitrogens with one attached hydrogen (secondary N) is 1. The number of likely N-dealkylation sites (N-methyl/N-ethyl adjacent to an activating group) is 1. The summed E-state index contributed by atoms with van der Waals surface area (Å²) >= 11 is 0. The minimum Gasteiger partial charge on any atom is -0.481 e. The van der Waals surface area contributed by atoms with E-state index in [9.17, 15) is 13.2 Å². The van der Waals surface area contributed by atoms with Gasteiger partial charge >= 0.3 is 0 Å². The zero-order chi connectivity index (χ0) is 16.2. The Kier molecular flexibility index (Phi) is 5.33. The van der Waals surface area contributed by atoms with E-state index in [1.807, 2.05) is 0 Å². The normalized spacial score (nSPS) is 15.9. The van der Waals surface area contributed by atoms with Crippen molar-refractivity contribution in [3.63, 3.8) is 0 Å². The fourth-order valence-corrected chi connectivity index (χ4v) is 3.18. The lowest BCUT2D eigenvalue weighted by Crippen LogP contribution is -2.49. The van der Waals surface area contributed by atoms with Gasteiger partial charge in [0.2, 0.25) is 21.8 Å². The maximum atomic E-state index is 12.4. The van der Waals surface area contributed by atoms with E-state index in [1.165, 1.54) is 32.5 Å². The monoisotopic (exact) mass is 328 g/mol. The molecule has 0 radical (unpaired) electrons. The summed E-state index contributed by atoms with van der Waals surface area (Å²) in [6.45, 7) is 2.46. The van der Waals surface area contributed by atoms with Gasteiger partial charge in [0.25, 0.3) is 0 Å². The lowest BCUT2D eigenvalue weighted by atomic mass is 10.3. The summed E-state index contributed by atoms with van der Waals surface area (Å²) in [6.07, 6.45) is 1.22. The molecule has 9 heteroatoms. The van der Waals surface area contributed by atoms with E-state index in [0.29, 0.717) is 19.0 Å². The van der Waals surface area contributed by atoms with Crippen molar-refractivity contribution in [2.45, 2.75) is 4.90 Å². The SMILES string of the molecule is COc1ccc(S(=O)(=O)N(C)CC(=O)N2CCNCC2)cn1. The van der Waals surface area contributed by atoms with Crippen LogP contribution in [0.2, 0.25) is 0 Å². The molecule has 0 spiro atoms. The Morgan fingerprint density at radius 1 is 1.41 bits per heavy atom. The highest BCUT2D eigenvalue weighted by Gasteiger charge is 2.26. The summed E-state index contributed by atoms with van der Waals surface area (Å²) in [7, 11) is -0.904. The topological polar surface area (TPSA) is 91.8 Å². The molecule has 0 unspecified atom stereocenters. The number of sulfonamides is 1. The van der Waals surface area contributed by atoms with Crippen LogP contribution >= 0.6 is 0 Å². The van der Waals surface area contributed by atoms with Gasteiger partial charge in [-0.05, 0) is 6.07 Å². The van der Waals surface area contributed by atoms with Gasteiger partial charge in [-0.15, -0.1) is 0 Å². The second-order valence-corrected chi connectivity index (χ2v) is 6.97. The van der Waals surface area contributed by atoms with Crippen LogP contribution in [0.4, 0.5) is 0 Å². The molecule has 1 saturated heterocycles.